The molecule has 2 heterocycles. The zero-order valence-corrected chi connectivity index (χ0v) is 18.1. The van der Waals surface area contributed by atoms with Crippen molar-refractivity contribution in [3.05, 3.63) is 97.1 Å². The van der Waals surface area contributed by atoms with E-state index in [1.165, 1.54) is 21.8 Å². The van der Waals surface area contributed by atoms with Gasteiger partial charge in [0.15, 0.2) is 0 Å². The molecule has 0 spiro atoms. The van der Waals surface area contributed by atoms with Gasteiger partial charge in [-0.25, -0.2) is 0 Å². The van der Waals surface area contributed by atoms with Gasteiger partial charge in [0.25, 0.3) is 0 Å². The van der Waals surface area contributed by atoms with Crippen LogP contribution in [0.1, 0.15) is 6.92 Å². The van der Waals surface area contributed by atoms with E-state index >= 15 is 0 Å². The van der Waals surface area contributed by atoms with Gasteiger partial charge in [0.2, 0.25) is 11.8 Å². The molecule has 2 aromatic heterocycles. The summed E-state index contributed by atoms with van der Waals surface area (Å²) in [6.45, 7) is 2.57. The fraction of sp³-hybridized carbons (Fsp3) is 0.0714. The van der Waals surface area contributed by atoms with E-state index in [4.69, 9.17) is 9.15 Å². The first-order valence-corrected chi connectivity index (χ1v) is 11.0. The van der Waals surface area contributed by atoms with Crippen molar-refractivity contribution in [1.82, 2.24) is 14.8 Å². The van der Waals surface area contributed by atoms with E-state index in [0.29, 0.717) is 18.4 Å². The molecule has 0 fully saturated rings. The highest BCUT2D eigenvalue weighted by Crippen LogP contribution is 2.33. The van der Waals surface area contributed by atoms with Gasteiger partial charge in [-0.05, 0) is 61.5 Å². The summed E-state index contributed by atoms with van der Waals surface area (Å²) in [6.07, 6.45) is 0. The number of hydrogen-bond acceptors (Lipinski definition) is 4. The lowest BCUT2D eigenvalue weighted by Crippen LogP contribution is -1.93. The van der Waals surface area contributed by atoms with Crippen LogP contribution in [0.2, 0.25) is 0 Å². The molecular weight excluding hydrogens is 410 g/mol. The highest BCUT2D eigenvalue weighted by Gasteiger charge is 2.14. The Bertz CT molecular complexity index is 1530. The zero-order valence-electron chi connectivity index (χ0n) is 18.1. The maximum absolute atomic E-state index is 5.98. The van der Waals surface area contributed by atoms with Crippen LogP contribution in [0.15, 0.2) is 101 Å². The molecule has 4 aromatic carbocycles. The monoisotopic (exact) mass is 431 g/mol. The lowest BCUT2D eigenvalue weighted by molar-refractivity contribution is 0.340. The van der Waals surface area contributed by atoms with Crippen LogP contribution in [0.4, 0.5) is 0 Å². The van der Waals surface area contributed by atoms with Gasteiger partial charge in [-0.1, -0.05) is 42.5 Å². The molecule has 6 rings (SSSR count). The number of ether oxygens (including phenoxy) is 1. The molecule has 0 aliphatic heterocycles. The number of para-hydroxylation sites is 2. The molecule has 160 valence electrons. The van der Waals surface area contributed by atoms with Crippen LogP contribution in [-0.2, 0) is 0 Å². The predicted octanol–water partition coefficient (Wildman–Crippen LogP) is 6.90. The van der Waals surface area contributed by atoms with Gasteiger partial charge in [0.1, 0.15) is 5.75 Å². The van der Waals surface area contributed by atoms with Crippen molar-refractivity contribution in [2.45, 2.75) is 6.92 Å². The number of fused-ring (bicyclic) bond motifs is 3. The van der Waals surface area contributed by atoms with Crippen LogP contribution in [0.25, 0.3) is 50.4 Å². The third kappa shape index (κ3) is 3.34. The van der Waals surface area contributed by atoms with E-state index in [2.05, 4.69) is 75.4 Å². The molecule has 0 radical (unpaired) electrons. The van der Waals surface area contributed by atoms with Gasteiger partial charge in [0, 0.05) is 27.6 Å². The normalized spacial score (nSPS) is 11.3. The molecule has 0 bridgehead atoms. The molecule has 6 aromatic rings. The minimum absolute atomic E-state index is 0.470. The first-order chi connectivity index (χ1) is 16.3. The maximum atomic E-state index is 5.98. The summed E-state index contributed by atoms with van der Waals surface area (Å²) in [5.74, 6) is 1.74. The van der Waals surface area contributed by atoms with Crippen LogP contribution >= 0.6 is 0 Å². The van der Waals surface area contributed by atoms with Gasteiger partial charge in [0.05, 0.1) is 17.6 Å². The summed E-state index contributed by atoms with van der Waals surface area (Å²) in [5, 5.41) is 11.0. The van der Waals surface area contributed by atoms with Crippen molar-refractivity contribution >= 4 is 21.8 Å². The highest BCUT2D eigenvalue weighted by molar-refractivity contribution is 6.09. The van der Waals surface area contributed by atoms with E-state index < -0.39 is 0 Å². The van der Waals surface area contributed by atoms with E-state index in [0.717, 1.165) is 22.6 Å². The first kappa shape index (κ1) is 19.3. The number of hydrogen-bond donors (Lipinski definition) is 0. The summed E-state index contributed by atoms with van der Waals surface area (Å²) in [6, 6.07) is 32.9. The van der Waals surface area contributed by atoms with Crippen LogP contribution in [-0.4, -0.2) is 21.4 Å². The lowest BCUT2D eigenvalue weighted by atomic mass is 10.2. The van der Waals surface area contributed by atoms with Gasteiger partial charge < -0.3 is 13.7 Å². The zero-order chi connectivity index (χ0) is 22.2. The summed E-state index contributed by atoms with van der Waals surface area (Å²) in [5.41, 5.74) is 5.16. The molecule has 0 saturated carbocycles. The van der Waals surface area contributed by atoms with E-state index in [1.807, 2.05) is 43.3 Å². The van der Waals surface area contributed by atoms with Crippen molar-refractivity contribution in [3.63, 3.8) is 0 Å². The van der Waals surface area contributed by atoms with Crippen molar-refractivity contribution in [1.29, 1.82) is 0 Å². The number of rotatable bonds is 5. The van der Waals surface area contributed by atoms with Gasteiger partial charge in [-0.3, -0.25) is 0 Å². The molecule has 0 N–H and O–H groups in total. The third-order valence-corrected chi connectivity index (χ3v) is 5.77. The Morgan fingerprint density at radius 3 is 2.00 bits per heavy atom. The lowest BCUT2D eigenvalue weighted by Gasteiger charge is -2.08. The molecule has 33 heavy (non-hydrogen) atoms. The van der Waals surface area contributed by atoms with Crippen molar-refractivity contribution in [3.8, 4) is 34.3 Å². The van der Waals surface area contributed by atoms with Crippen LogP contribution in [0.5, 0.6) is 5.75 Å². The average Bonchev–Trinajstić information content (AvgIpc) is 3.48. The number of nitrogens with zero attached hydrogens (tertiary/aromatic N) is 3. The SMILES string of the molecule is CCOc1cccc(-c2nnc(-c3ccc(-n4c5ccccc5c5ccccc54)cc3)o2)c1. The second-order valence-corrected chi connectivity index (χ2v) is 7.79. The molecule has 0 aliphatic rings. The summed E-state index contributed by atoms with van der Waals surface area (Å²) < 4.78 is 13.8. The largest absolute Gasteiger partial charge is 0.494 e. The molecular formula is C28H21N3O2. The van der Waals surface area contributed by atoms with Crippen LogP contribution in [0, 0.1) is 0 Å². The van der Waals surface area contributed by atoms with Crippen molar-refractivity contribution in [2.75, 3.05) is 6.61 Å². The Hall–Kier alpha value is -4.38. The van der Waals surface area contributed by atoms with E-state index in [-0.39, 0.29) is 0 Å². The molecule has 0 atom stereocenters. The molecule has 0 aliphatic carbocycles. The fourth-order valence-electron chi connectivity index (χ4n) is 4.30. The van der Waals surface area contributed by atoms with E-state index in [9.17, 15) is 0 Å². The smallest absolute Gasteiger partial charge is 0.248 e. The molecule has 0 unspecified atom stereocenters. The second-order valence-electron chi connectivity index (χ2n) is 7.79. The minimum Gasteiger partial charge on any atom is -0.494 e. The minimum atomic E-state index is 0.470. The third-order valence-electron chi connectivity index (χ3n) is 5.77. The van der Waals surface area contributed by atoms with Gasteiger partial charge in [-0.15, -0.1) is 10.2 Å². The Morgan fingerprint density at radius 2 is 1.33 bits per heavy atom. The molecule has 0 amide bonds. The number of aromatic nitrogens is 3. The van der Waals surface area contributed by atoms with Crippen LogP contribution in [0.3, 0.4) is 0 Å². The summed E-state index contributed by atoms with van der Waals surface area (Å²) in [7, 11) is 0. The van der Waals surface area contributed by atoms with Gasteiger partial charge in [-0.2, -0.15) is 0 Å². The van der Waals surface area contributed by atoms with Crippen molar-refractivity contribution < 1.29 is 9.15 Å². The fourth-order valence-corrected chi connectivity index (χ4v) is 4.30. The standard InChI is InChI=1S/C28H21N3O2/c1-2-32-22-9-7-8-20(18-22)28-30-29-27(33-28)19-14-16-21(17-15-19)31-25-12-5-3-10-23(25)24-11-4-6-13-26(24)31/h3-18H,2H2,1H3. The predicted molar refractivity (Wildman–Crippen MR) is 131 cm³/mol. The average molecular weight is 431 g/mol. The quantitative estimate of drug-likeness (QED) is 0.298. The van der Waals surface area contributed by atoms with Gasteiger partial charge >= 0.3 is 0 Å². The van der Waals surface area contributed by atoms with E-state index in [1.54, 1.807) is 0 Å². The summed E-state index contributed by atoms with van der Waals surface area (Å²) in [4.78, 5) is 0. The first-order valence-electron chi connectivity index (χ1n) is 11.0. The molecule has 0 saturated heterocycles. The summed E-state index contributed by atoms with van der Waals surface area (Å²) >= 11 is 0. The topological polar surface area (TPSA) is 53.1 Å². The van der Waals surface area contributed by atoms with Crippen molar-refractivity contribution in [2.24, 2.45) is 0 Å². The molecule has 5 nitrogen and oxygen atoms in total. The number of benzene rings is 4. The maximum Gasteiger partial charge on any atom is 0.248 e. The highest BCUT2D eigenvalue weighted by atomic mass is 16.5. The molecule has 5 heteroatoms. The van der Waals surface area contributed by atoms with Crippen LogP contribution < -0.4 is 4.74 Å². The second kappa shape index (κ2) is 7.95. The Labute approximate surface area is 190 Å². The Kier molecular flexibility index (Phi) is 4.65. The Morgan fingerprint density at radius 1 is 0.697 bits per heavy atom. The Balaban J connectivity index is 1.37.